The van der Waals surface area contributed by atoms with Gasteiger partial charge in [0, 0.05) is 25.3 Å². The van der Waals surface area contributed by atoms with Crippen LogP contribution in [0.5, 0.6) is 0 Å². The van der Waals surface area contributed by atoms with Gasteiger partial charge in [-0.1, -0.05) is 0 Å². The fourth-order valence-corrected chi connectivity index (χ4v) is 2.93. The van der Waals surface area contributed by atoms with E-state index in [1.807, 2.05) is 19.0 Å². The van der Waals surface area contributed by atoms with Crippen LogP contribution in [-0.4, -0.2) is 80.2 Å². The molecular weight excluding hydrogens is 529 g/mol. The zero-order valence-electron chi connectivity index (χ0n) is 20.0. The zero-order chi connectivity index (χ0) is 28.3. The monoisotopic (exact) mass is 557 g/mol. The van der Waals surface area contributed by atoms with Crippen LogP contribution in [0.1, 0.15) is 18.4 Å². The Kier molecular flexibility index (Phi) is 13.3. The van der Waals surface area contributed by atoms with E-state index in [1.54, 1.807) is 0 Å². The van der Waals surface area contributed by atoms with E-state index in [0.29, 0.717) is 13.1 Å². The summed E-state index contributed by atoms with van der Waals surface area (Å²) in [6.45, 7) is -1.15. The minimum atomic E-state index is -2.36. The van der Waals surface area contributed by atoms with Gasteiger partial charge < -0.3 is 31.3 Å². The summed E-state index contributed by atoms with van der Waals surface area (Å²) in [7, 11) is 3.66. The minimum Gasteiger partial charge on any atom is -0.459 e. The summed E-state index contributed by atoms with van der Waals surface area (Å²) in [5.74, 6) is -14.4. The van der Waals surface area contributed by atoms with Crippen molar-refractivity contribution in [3.63, 3.8) is 0 Å². The molecule has 0 unspecified atom stereocenters. The first kappa shape index (κ1) is 32.0. The molecule has 208 valence electrons. The predicted molar refractivity (Wildman–Crippen MR) is 124 cm³/mol. The van der Waals surface area contributed by atoms with Crippen molar-refractivity contribution in [2.75, 3.05) is 39.5 Å². The van der Waals surface area contributed by atoms with Gasteiger partial charge in [-0.05, 0) is 20.5 Å². The second kappa shape index (κ2) is 15.3. The molecule has 0 radical (unpaired) electrons. The van der Waals surface area contributed by atoms with E-state index < -0.39 is 83.6 Å². The molecular formula is C21H28F5N5O5S. The van der Waals surface area contributed by atoms with Crippen molar-refractivity contribution in [1.82, 2.24) is 20.9 Å². The van der Waals surface area contributed by atoms with Crippen LogP contribution < -0.4 is 21.7 Å². The molecule has 0 saturated carbocycles. The zero-order valence-corrected chi connectivity index (χ0v) is 20.9. The van der Waals surface area contributed by atoms with Gasteiger partial charge in [-0.3, -0.25) is 19.2 Å². The summed E-state index contributed by atoms with van der Waals surface area (Å²) < 4.78 is 71.2. The average molecular weight is 558 g/mol. The lowest BCUT2D eigenvalue weighted by Crippen LogP contribution is -2.49. The number of benzene rings is 1. The van der Waals surface area contributed by atoms with Crippen LogP contribution in [-0.2, 0) is 30.5 Å². The highest BCUT2D eigenvalue weighted by molar-refractivity contribution is 7.80. The highest BCUT2D eigenvalue weighted by Crippen LogP contribution is 2.23. The Bertz CT molecular complexity index is 972. The molecule has 1 aromatic rings. The van der Waals surface area contributed by atoms with Crippen LogP contribution in [0.15, 0.2) is 0 Å². The number of nitrogens with zero attached hydrogens (tertiary/aromatic N) is 1. The van der Waals surface area contributed by atoms with Gasteiger partial charge in [-0.25, -0.2) is 22.0 Å². The van der Waals surface area contributed by atoms with E-state index >= 15 is 0 Å². The summed E-state index contributed by atoms with van der Waals surface area (Å²) in [5.41, 5.74) is 4.38. The number of nitrogens with one attached hydrogen (secondary N) is 3. The van der Waals surface area contributed by atoms with Gasteiger partial charge in [0.2, 0.25) is 23.5 Å². The lowest BCUT2D eigenvalue weighted by atomic mass is 10.1. The lowest BCUT2D eigenvalue weighted by molar-refractivity contribution is -0.145. The number of thiol groups is 1. The Balaban J connectivity index is 2.49. The van der Waals surface area contributed by atoms with E-state index in [0.717, 1.165) is 0 Å². The Labute approximate surface area is 214 Å². The topological polar surface area (TPSA) is 143 Å². The first-order valence-corrected chi connectivity index (χ1v) is 11.4. The smallest absolute Gasteiger partial charge is 0.325 e. The summed E-state index contributed by atoms with van der Waals surface area (Å²) in [4.78, 5) is 49.8. The first-order chi connectivity index (χ1) is 17.3. The van der Waals surface area contributed by atoms with Crippen LogP contribution >= 0.6 is 12.6 Å². The Morgan fingerprint density at radius 2 is 1.51 bits per heavy atom. The van der Waals surface area contributed by atoms with Crippen LogP contribution in [0.3, 0.4) is 0 Å². The predicted octanol–water partition coefficient (Wildman–Crippen LogP) is -0.259. The van der Waals surface area contributed by atoms with E-state index in [-0.39, 0.29) is 18.6 Å². The molecule has 0 bridgehead atoms. The number of hydrogen-bond acceptors (Lipinski definition) is 8. The minimum absolute atomic E-state index is 0.00936. The third-order valence-electron chi connectivity index (χ3n) is 4.80. The van der Waals surface area contributed by atoms with E-state index in [2.05, 4.69) is 33.3 Å². The second-order valence-corrected chi connectivity index (χ2v) is 8.33. The Morgan fingerprint density at radius 3 is 2.05 bits per heavy atom. The molecule has 0 aliphatic heterocycles. The Hall–Kier alpha value is -2.98. The molecule has 0 aromatic heterocycles. The van der Waals surface area contributed by atoms with Crippen molar-refractivity contribution >= 4 is 36.3 Å². The number of nitrogens with two attached hydrogens (primary N) is 1. The molecule has 0 heterocycles. The normalized spacial score (nSPS) is 12.6. The molecule has 3 amide bonds. The van der Waals surface area contributed by atoms with Crippen molar-refractivity contribution in [3.8, 4) is 0 Å². The van der Waals surface area contributed by atoms with Crippen molar-refractivity contribution in [2.45, 2.75) is 31.5 Å². The molecule has 37 heavy (non-hydrogen) atoms. The third-order valence-corrected chi connectivity index (χ3v) is 5.16. The molecule has 16 heteroatoms. The molecule has 0 saturated heterocycles. The first-order valence-electron chi connectivity index (χ1n) is 10.8. The molecule has 0 spiro atoms. The Morgan fingerprint density at radius 1 is 0.946 bits per heavy atom. The van der Waals surface area contributed by atoms with Crippen molar-refractivity contribution in [3.05, 3.63) is 34.6 Å². The van der Waals surface area contributed by atoms with Crippen molar-refractivity contribution in [2.24, 2.45) is 5.73 Å². The standard InChI is InChI=1S/C21H28F5N5O5S/c1-31(2)6-5-28-20(34)11(27)3-4-13(32)30-12(9-37)21(35)29-7-14(33)36-8-10-15(22)17(24)19(26)18(25)16(10)23/h11-12,37H,3-9,27H2,1-2H3,(H,28,34)(H,29,35)(H,30,32)/t11-,12-/m0/s1. The van der Waals surface area contributed by atoms with Gasteiger partial charge >= 0.3 is 5.97 Å². The molecule has 2 atom stereocenters. The summed E-state index contributed by atoms with van der Waals surface area (Å²) in [5, 5.41) is 7.04. The van der Waals surface area contributed by atoms with E-state index in [4.69, 9.17) is 5.73 Å². The fraction of sp³-hybridized carbons (Fsp3) is 0.524. The van der Waals surface area contributed by atoms with Crippen molar-refractivity contribution < 1.29 is 45.9 Å². The number of rotatable bonds is 14. The number of amides is 3. The molecule has 5 N–H and O–H groups in total. The van der Waals surface area contributed by atoms with Gasteiger partial charge in [0.25, 0.3) is 0 Å². The maximum atomic E-state index is 13.6. The van der Waals surface area contributed by atoms with Crippen LogP contribution in [0.2, 0.25) is 0 Å². The summed E-state index contributed by atoms with van der Waals surface area (Å²) in [6.07, 6.45) is -0.200. The highest BCUT2D eigenvalue weighted by atomic mass is 32.1. The fourth-order valence-electron chi connectivity index (χ4n) is 2.68. The quantitative estimate of drug-likeness (QED) is 0.0698. The number of halogens is 5. The van der Waals surface area contributed by atoms with Crippen molar-refractivity contribution in [1.29, 1.82) is 0 Å². The van der Waals surface area contributed by atoms with Gasteiger partial charge in [-0.2, -0.15) is 12.6 Å². The van der Waals surface area contributed by atoms with Crippen LogP contribution in [0.25, 0.3) is 0 Å². The molecule has 10 nitrogen and oxygen atoms in total. The molecule has 0 aliphatic carbocycles. The maximum Gasteiger partial charge on any atom is 0.325 e. The molecule has 1 aromatic carbocycles. The van der Waals surface area contributed by atoms with Crippen LogP contribution in [0.4, 0.5) is 22.0 Å². The third kappa shape index (κ3) is 10.1. The van der Waals surface area contributed by atoms with E-state index in [9.17, 15) is 41.1 Å². The number of esters is 1. The largest absolute Gasteiger partial charge is 0.459 e. The average Bonchev–Trinajstić information content (AvgIpc) is 2.86. The number of likely N-dealkylation sites (N-methyl/N-ethyl adjacent to an activating group) is 1. The lowest BCUT2D eigenvalue weighted by Gasteiger charge is -2.17. The van der Waals surface area contributed by atoms with Crippen LogP contribution in [0, 0.1) is 29.1 Å². The van der Waals surface area contributed by atoms with E-state index in [1.165, 1.54) is 0 Å². The number of carbonyl (C=O) groups is 4. The van der Waals surface area contributed by atoms with Gasteiger partial charge in [0.15, 0.2) is 23.3 Å². The second-order valence-electron chi connectivity index (χ2n) is 7.97. The molecule has 1 rings (SSSR count). The van der Waals surface area contributed by atoms with Gasteiger partial charge in [0.05, 0.1) is 11.6 Å². The number of ether oxygens (including phenoxy) is 1. The van der Waals surface area contributed by atoms with Gasteiger partial charge in [0.1, 0.15) is 19.2 Å². The SMILES string of the molecule is CN(C)CCNC(=O)[C@@H](N)CCC(=O)N[C@@H](CS)C(=O)NCC(=O)OCc1c(F)c(F)c(F)c(F)c1F. The molecule has 0 aliphatic rings. The summed E-state index contributed by atoms with van der Waals surface area (Å²) in [6, 6.07) is -2.16. The highest BCUT2D eigenvalue weighted by Gasteiger charge is 2.27. The summed E-state index contributed by atoms with van der Waals surface area (Å²) >= 11 is 3.94. The molecule has 0 fully saturated rings. The van der Waals surface area contributed by atoms with Gasteiger partial charge in [-0.15, -0.1) is 0 Å². The maximum absolute atomic E-state index is 13.6. The number of hydrogen-bond donors (Lipinski definition) is 5. The number of carbonyl (C=O) groups excluding carboxylic acids is 4.